The molecule has 1 aliphatic rings. The standard InChI is InChI=1S/C14H18N4S/c1-9-3-6-13(19-14-16-10(2)17-18-14)11(7-9)8-15-12-4-5-12/h3,6-7,12,15H,4-5,8H2,1-2H3,(H,16,17,18). The number of aromatic nitrogens is 3. The fourth-order valence-corrected chi connectivity index (χ4v) is 2.82. The second-order valence-electron chi connectivity index (χ2n) is 5.07. The van der Waals surface area contributed by atoms with E-state index in [1.54, 1.807) is 11.8 Å². The first-order valence-electron chi connectivity index (χ1n) is 6.60. The summed E-state index contributed by atoms with van der Waals surface area (Å²) in [6.07, 6.45) is 2.63. The predicted molar refractivity (Wildman–Crippen MR) is 76.3 cm³/mol. The Morgan fingerprint density at radius 1 is 1.37 bits per heavy atom. The highest BCUT2D eigenvalue weighted by Crippen LogP contribution is 2.29. The van der Waals surface area contributed by atoms with Crippen molar-refractivity contribution in [2.45, 2.75) is 49.3 Å². The topological polar surface area (TPSA) is 53.6 Å². The molecule has 1 heterocycles. The summed E-state index contributed by atoms with van der Waals surface area (Å²) in [7, 11) is 0. The quantitative estimate of drug-likeness (QED) is 0.880. The van der Waals surface area contributed by atoms with Gasteiger partial charge in [-0.3, -0.25) is 5.10 Å². The molecule has 0 aliphatic heterocycles. The van der Waals surface area contributed by atoms with E-state index >= 15 is 0 Å². The monoisotopic (exact) mass is 274 g/mol. The lowest BCUT2D eigenvalue weighted by Crippen LogP contribution is -2.15. The van der Waals surface area contributed by atoms with Crippen molar-refractivity contribution in [1.82, 2.24) is 20.5 Å². The number of nitrogens with one attached hydrogen (secondary N) is 2. The van der Waals surface area contributed by atoms with Crippen LogP contribution >= 0.6 is 11.8 Å². The van der Waals surface area contributed by atoms with Crippen LogP contribution in [0, 0.1) is 13.8 Å². The van der Waals surface area contributed by atoms with Crippen molar-refractivity contribution in [2.75, 3.05) is 0 Å². The molecule has 1 aliphatic carbocycles. The van der Waals surface area contributed by atoms with E-state index < -0.39 is 0 Å². The van der Waals surface area contributed by atoms with Crippen molar-refractivity contribution in [1.29, 1.82) is 0 Å². The second-order valence-corrected chi connectivity index (χ2v) is 6.08. The molecule has 100 valence electrons. The van der Waals surface area contributed by atoms with Crippen molar-refractivity contribution >= 4 is 11.8 Å². The van der Waals surface area contributed by atoms with Crippen LogP contribution in [0.25, 0.3) is 0 Å². The molecule has 1 saturated carbocycles. The number of aryl methyl sites for hydroxylation is 2. The highest BCUT2D eigenvalue weighted by atomic mass is 32.2. The molecule has 0 unspecified atom stereocenters. The fourth-order valence-electron chi connectivity index (χ4n) is 1.95. The smallest absolute Gasteiger partial charge is 0.213 e. The summed E-state index contributed by atoms with van der Waals surface area (Å²) < 4.78 is 0. The molecule has 4 nitrogen and oxygen atoms in total. The molecule has 2 aromatic rings. The Balaban J connectivity index is 1.77. The van der Waals surface area contributed by atoms with Gasteiger partial charge in [-0.2, -0.15) is 0 Å². The van der Waals surface area contributed by atoms with E-state index in [1.165, 1.54) is 28.9 Å². The predicted octanol–water partition coefficient (Wildman–Crippen LogP) is 2.82. The van der Waals surface area contributed by atoms with Gasteiger partial charge in [-0.15, -0.1) is 5.10 Å². The molecule has 0 bridgehead atoms. The van der Waals surface area contributed by atoms with E-state index in [2.05, 4.69) is 45.6 Å². The average molecular weight is 274 g/mol. The second kappa shape index (κ2) is 5.35. The highest BCUT2D eigenvalue weighted by molar-refractivity contribution is 7.99. The highest BCUT2D eigenvalue weighted by Gasteiger charge is 2.20. The van der Waals surface area contributed by atoms with Gasteiger partial charge < -0.3 is 5.32 Å². The Bertz CT molecular complexity index is 575. The number of hydrogen-bond acceptors (Lipinski definition) is 4. The molecule has 0 amide bonds. The summed E-state index contributed by atoms with van der Waals surface area (Å²) in [5.74, 6) is 0.854. The third kappa shape index (κ3) is 3.36. The lowest BCUT2D eigenvalue weighted by atomic mass is 10.1. The van der Waals surface area contributed by atoms with E-state index in [0.29, 0.717) is 0 Å². The lowest BCUT2D eigenvalue weighted by molar-refractivity contribution is 0.680. The minimum atomic E-state index is 0.726. The molecule has 1 fully saturated rings. The Labute approximate surface area is 117 Å². The van der Waals surface area contributed by atoms with Gasteiger partial charge in [0, 0.05) is 17.5 Å². The van der Waals surface area contributed by atoms with Gasteiger partial charge in [0.2, 0.25) is 5.16 Å². The van der Waals surface area contributed by atoms with E-state index in [-0.39, 0.29) is 0 Å². The first-order valence-corrected chi connectivity index (χ1v) is 7.42. The molecule has 5 heteroatoms. The van der Waals surface area contributed by atoms with E-state index in [0.717, 1.165) is 23.6 Å². The number of rotatable bonds is 5. The Morgan fingerprint density at radius 2 is 2.21 bits per heavy atom. The maximum Gasteiger partial charge on any atom is 0.213 e. The van der Waals surface area contributed by atoms with Crippen LogP contribution in [0.15, 0.2) is 28.3 Å². The van der Waals surface area contributed by atoms with Crippen LogP contribution in [0.1, 0.15) is 29.8 Å². The van der Waals surface area contributed by atoms with Crippen molar-refractivity contribution in [3.8, 4) is 0 Å². The summed E-state index contributed by atoms with van der Waals surface area (Å²) in [6, 6.07) is 7.28. The number of H-pyrrole nitrogens is 1. The summed E-state index contributed by atoms with van der Waals surface area (Å²) in [4.78, 5) is 5.59. The summed E-state index contributed by atoms with van der Waals surface area (Å²) in [5, 5.41) is 11.4. The zero-order chi connectivity index (χ0) is 13.2. The molecule has 3 rings (SSSR count). The summed E-state index contributed by atoms with van der Waals surface area (Å²) >= 11 is 1.62. The largest absolute Gasteiger partial charge is 0.310 e. The van der Waals surface area contributed by atoms with Gasteiger partial charge in [0.1, 0.15) is 5.82 Å². The zero-order valence-electron chi connectivity index (χ0n) is 11.2. The number of benzene rings is 1. The molecule has 0 saturated heterocycles. The van der Waals surface area contributed by atoms with Gasteiger partial charge in [-0.05, 0) is 50.1 Å². The van der Waals surface area contributed by atoms with Crippen LogP contribution in [0.3, 0.4) is 0 Å². The Morgan fingerprint density at radius 3 is 2.89 bits per heavy atom. The molecular formula is C14H18N4S. The molecule has 0 radical (unpaired) electrons. The maximum absolute atomic E-state index is 4.35. The van der Waals surface area contributed by atoms with Crippen LogP contribution in [0.5, 0.6) is 0 Å². The third-order valence-corrected chi connectivity index (χ3v) is 4.14. The minimum Gasteiger partial charge on any atom is -0.310 e. The van der Waals surface area contributed by atoms with Gasteiger partial charge >= 0.3 is 0 Å². The normalized spacial score (nSPS) is 14.8. The first kappa shape index (κ1) is 12.7. The van der Waals surface area contributed by atoms with Crippen molar-refractivity contribution in [3.63, 3.8) is 0 Å². The van der Waals surface area contributed by atoms with Crippen LogP contribution in [-0.4, -0.2) is 21.2 Å². The SMILES string of the molecule is Cc1ccc(Sc2n[nH]c(C)n2)c(CNC2CC2)c1. The van der Waals surface area contributed by atoms with Crippen LogP contribution in [0.2, 0.25) is 0 Å². The van der Waals surface area contributed by atoms with Crippen molar-refractivity contribution in [3.05, 3.63) is 35.2 Å². The maximum atomic E-state index is 4.35. The summed E-state index contributed by atoms with van der Waals surface area (Å²) in [6.45, 7) is 4.98. The molecular weight excluding hydrogens is 256 g/mol. The minimum absolute atomic E-state index is 0.726. The van der Waals surface area contributed by atoms with E-state index in [4.69, 9.17) is 0 Å². The fraction of sp³-hybridized carbons (Fsp3) is 0.429. The van der Waals surface area contributed by atoms with Crippen molar-refractivity contribution in [2.24, 2.45) is 0 Å². The molecule has 1 aromatic carbocycles. The zero-order valence-corrected chi connectivity index (χ0v) is 12.0. The van der Waals surface area contributed by atoms with E-state index in [1.807, 2.05) is 6.92 Å². The van der Waals surface area contributed by atoms with Gasteiger partial charge in [0.05, 0.1) is 0 Å². The Kier molecular flexibility index (Phi) is 3.57. The van der Waals surface area contributed by atoms with Crippen molar-refractivity contribution < 1.29 is 0 Å². The number of aromatic amines is 1. The molecule has 0 spiro atoms. The van der Waals surface area contributed by atoms with Crippen LogP contribution in [0.4, 0.5) is 0 Å². The van der Waals surface area contributed by atoms with Crippen LogP contribution in [-0.2, 0) is 6.54 Å². The first-order chi connectivity index (χ1) is 9.20. The third-order valence-electron chi connectivity index (χ3n) is 3.15. The number of hydrogen-bond donors (Lipinski definition) is 2. The molecule has 2 N–H and O–H groups in total. The van der Waals surface area contributed by atoms with Gasteiger partial charge in [0.15, 0.2) is 0 Å². The lowest BCUT2D eigenvalue weighted by Gasteiger charge is -2.09. The van der Waals surface area contributed by atoms with E-state index in [9.17, 15) is 0 Å². The van der Waals surface area contributed by atoms with Gasteiger partial charge in [-0.25, -0.2) is 4.98 Å². The number of nitrogens with zero attached hydrogens (tertiary/aromatic N) is 2. The van der Waals surface area contributed by atoms with Gasteiger partial charge in [0.25, 0.3) is 0 Å². The average Bonchev–Trinajstić information content (AvgIpc) is 3.13. The summed E-state index contributed by atoms with van der Waals surface area (Å²) in [5.41, 5.74) is 2.63. The molecule has 19 heavy (non-hydrogen) atoms. The molecule has 1 aromatic heterocycles. The molecule has 0 atom stereocenters. The van der Waals surface area contributed by atoms with Gasteiger partial charge in [-0.1, -0.05) is 17.7 Å². The van der Waals surface area contributed by atoms with Crippen LogP contribution < -0.4 is 5.32 Å². The Hall–Kier alpha value is -1.33.